The highest BCUT2D eigenvalue weighted by atomic mass is 32.2. The molecule has 2 rings (SSSR count). The lowest BCUT2D eigenvalue weighted by Crippen LogP contribution is -2.61. The van der Waals surface area contributed by atoms with Crippen LogP contribution in [0.4, 0.5) is 5.69 Å². The SMILES string of the molecule is CSNc1cc(COC(C)C)ccc1OC1OC(C(=O)O)C(O)C(O)C1O. The van der Waals surface area contributed by atoms with E-state index < -0.39 is 36.7 Å². The number of carboxylic acids is 1. The van der Waals surface area contributed by atoms with Crippen LogP contribution in [0.2, 0.25) is 0 Å². The van der Waals surface area contributed by atoms with Gasteiger partial charge < -0.3 is 39.4 Å². The number of benzene rings is 1. The smallest absolute Gasteiger partial charge is 0.335 e. The third kappa shape index (κ3) is 5.47. The van der Waals surface area contributed by atoms with Gasteiger partial charge >= 0.3 is 5.97 Å². The Hall–Kier alpha value is -1.56. The molecular weight excluding hydrogens is 378 g/mol. The van der Waals surface area contributed by atoms with Crippen LogP contribution >= 0.6 is 11.9 Å². The van der Waals surface area contributed by atoms with Crippen molar-refractivity contribution in [3.05, 3.63) is 23.8 Å². The van der Waals surface area contributed by atoms with E-state index in [2.05, 4.69) is 4.72 Å². The summed E-state index contributed by atoms with van der Waals surface area (Å²) in [6, 6.07) is 5.18. The first-order valence-electron chi connectivity index (χ1n) is 8.37. The van der Waals surface area contributed by atoms with Gasteiger partial charge in [-0.05, 0) is 31.5 Å². The molecule has 10 heteroatoms. The van der Waals surface area contributed by atoms with Crippen molar-refractivity contribution >= 4 is 23.6 Å². The summed E-state index contributed by atoms with van der Waals surface area (Å²) < 4.78 is 19.4. The summed E-state index contributed by atoms with van der Waals surface area (Å²) in [6.07, 6.45) is -6.41. The summed E-state index contributed by atoms with van der Waals surface area (Å²) >= 11 is 1.31. The van der Waals surface area contributed by atoms with E-state index in [1.54, 1.807) is 18.2 Å². The average Bonchev–Trinajstić information content (AvgIpc) is 2.61. The number of rotatable bonds is 8. The van der Waals surface area contributed by atoms with Crippen LogP contribution < -0.4 is 9.46 Å². The molecule has 0 radical (unpaired) electrons. The summed E-state index contributed by atoms with van der Waals surface area (Å²) in [5, 5.41) is 38.8. The number of aliphatic hydroxyl groups excluding tert-OH is 3. The Morgan fingerprint density at radius 2 is 1.96 bits per heavy atom. The number of aliphatic carboxylic acids is 1. The number of ether oxygens (including phenoxy) is 3. The van der Waals surface area contributed by atoms with E-state index >= 15 is 0 Å². The molecule has 0 bridgehead atoms. The van der Waals surface area contributed by atoms with Crippen molar-refractivity contribution in [1.82, 2.24) is 0 Å². The second-order valence-corrected chi connectivity index (χ2v) is 6.96. The maximum Gasteiger partial charge on any atom is 0.335 e. The first-order valence-corrected chi connectivity index (χ1v) is 9.59. The highest BCUT2D eigenvalue weighted by molar-refractivity contribution is 7.99. The van der Waals surface area contributed by atoms with Crippen LogP contribution in [0.5, 0.6) is 5.75 Å². The quantitative estimate of drug-likeness (QED) is 0.392. The molecular formula is C17H25NO8S. The number of nitrogens with one attached hydrogen (secondary N) is 1. The van der Waals surface area contributed by atoms with E-state index in [0.29, 0.717) is 12.3 Å². The summed E-state index contributed by atoms with van der Waals surface area (Å²) in [4.78, 5) is 11.2. The molecule has 0 aromatic heterocycles. The molecule has 0 saturated carbocycles. The lowest BCUT2D eigenvalue weighted by Gasteiger charge is -2.38. The standard InChI is InChI=1S/C17H25NO8S/c1-8(2)24-7-9-4-5-11(10(6-9)18-27-3)25-17-14(21)12(19)13(20)15(26-17)16(22)23/h4-6,8,12-15,17-21H,7H2,1-3H3,(H,22,23). The maximum atomic E-state index is 11.2. The van der Waals surface area contributed by atoms with Gasteiger partial charge in [-0.15, -0.1) is 0 Å². The minimum absolute atomic E-state index is 0.0736. The van der Waals surface area contributed by atoms with E-state index in [4.69, 9.17) is 19.3 Å². The van der Waals surface area contributed by atoms with Gasteiger partial charge in [-0.1, -0.05) is 18.0 Å². The Balaban J connectivity index is 2.20. The summed E-state index contributed by atoms with van der Waals surface area (Å²) in [7, 11) is 0. The molecule has 152 valence electrons. The number of hydrogen-bond acceptors (Lipinski definition) is 9. The van der Waals surface area contributed by atoms with Crippen LogP contribution in [-0.2, 0) is 20.9 Å². The highest BCUT2D eigenvalue weighted by Gasteiger charge is 2.48. The lowest BCUT2D eigenvalue weighted by atomic mass is 9.99. The zero-order chi connectivity index (χ0) is 20.1. The highest BCUT2D eigenvalue weighted by Crippen LogP contribution is 2.32. The van der Waals surface area contributed by atoms with E-state index in [9.17, 15) is 20.1 Å². The van der Waals surface area contributed by atoms with Crippen molar-refractivity contribution in [3.63, 3.8) is 0 Å². The van der Waals surface area contributed by atoms with Gasteiger partial charge in [0, 0.05) is 6.26 Å². The van der Waals surface area contributed by atoms with Gasteiger partial charge in [0.2, 0.25) is 6.29 Å². The summed E-state index contributed by atoms with van der Waals surface area (Å²) in [5.41, 5.74) is 1.45. The normalized spacial score (nSPS) is 28.2. The van der Waals surface area contributed by atoms with Gasteiger partial charge in [0.25, 0.3) is 0 Å². The predicted molar refractivity (Wildman–Crippen MR) is 98.4 cm³/mol. The topological polar surface area (TPSA) is 138 Å². The van der Waals surface area contributed by atoms with Crippen LogP contribution in [0.15, 0.2) is 18.2 Å². The summed E-state index contributed by atoms with van der Waals surface area (Å²) in [5.74, 6) is -1.18. The molecule has 1 fully saturated rings. The second kappa shape index (κ2) is 9.58. The monoisotopic (exact) mass is 403 g/mol. The number of carboxylic acid groups (broad SMARTS) is 1. The van der Waals surface area contributed by atoms with Gasteiger partial charge in [-0.25, -0.2) is 4.79 Å². The second-order valence-electron chi connectivity index (χ2n) is 6.35. The molecule has 5 atom stereocenters. The van der Waals surface area contributed by atoms with Crippen molar-refractivity contribution in [1.29, 1.82) is 0 Å². The molecule has 0 spiro atoms. The molecule has 1 aliphatic heterocycles. The minimum Gasteiger partial charge on any atom is -0.479 e. The molecule has 27 heavy (non-hydrogen) atoms. The molecule has 0 amide bonds. The zero-order valence-corrected chi connectivity index (χ0v) is 16.0. The molecule has 5 unspecified atom stereocenters. The van der Waals surface area contributed by atoms with Crippen LogP contribution in [0.3, 0.4) is 0 Å². The largest absolute Gasteiger partial charge is 0.479 e. The van der Waals surface area contributed by atoms with Crippen molar-refractivity contribution in [2.24, 2.45) is 0 Å². The number of aliphatic hydroxyl groups is 3. The predicted octanol–water partition coefficient (Wildman–Crippen LogP) is 0.572. The first kappa shape index (κ1) is 21.7. The van der Waals surface area contributed by atoms with Gasteiger partial charge in [0.1, 0.15) is 24.1 Å². The van der Waals surface area contributed by atoms with Crippen LogP contribution in [0.25, 0.3) is 0 Å². The third-order valence-corrected chi connectivity index (χ3v) is 4.32. The number of hydrogen-bond donors (Lipinski definition) is 5. The average molecular weight is 403 g/mol. The fourth-order valence-corrected chi connectivity index (χ4v) is 2.88. The molecule has 1 aromatic rings. The molecule has 1 heterocycles. The molecule has 9 nitrogen and oxygen atoms in total. The van der Waals surface area contributed by atoms with Gasteiger partial charge in [-0.3, -0.25) is 0 Å². The Labute approximate surface area is 161 Å². The number of carbonyl (C=O) groups is 1. The zero-order valence-electron chi connectivity index (χ0n) is 15.2. The molecule has 5 N–H and O–H groups in total. The maximum absolute atomic E-state index is 11.2. The fraction of sp³-hybridized carbons (Fsp3) is 0.588. The van der Waals surface area contributed by atoms with Gasteiger partial charge in [-0.2, -0.15) is 0 Å². The first-order chi connectivity index (χ1) is 12.7. The minimum atomic E-state index is -1.77. The Morgan fingerprint density at radius 3 is 2.56 bits per heavy atom. The van der Waals surface area contributed by atoms with Crippen LogP contribution in [0.1, 0.15) is 19.4 Å². The van der Waals surface area contributed by atoms with Crippen molar-refractivity contribution < 1.29 is 39.4 Å². The molecule has 1 saturated heterocycles. The van der Waals surface area contributed by atoms with Gasteiger partial charge in [0.05, 0.1) is 18.4 Å². The van der Waals surface area contributed by atoms with E-state index in [0.717, 1.165) is 5.56 Å². The molecule has 1 aromatic carbocycles. The van der Waals surface area contributed by atoms with Crippen molar-refractivity contribution in [2.45, 2.75) is 57.3 Å². The van der Waals surface area contributed by atoms with Crippen molar-refractivity contribution in [3.8, 4) is 5.75 Å². The third-order valence-electron chi connectivity index (χ3n) is 3.90. The van der Waals surface area contributed by atoms with Crippen LogP contribution in [-0.4, -0.2) is 69.5 Å². The Morgan fingerprint density at radius 1 is 1.26 bits per heavy atom. The van der Waals surface area contributed by atoms with E-state index in [1.165, 1.54) is 11.9 Å². The summed E-state index contributed by atoms with van der Waals surface area (Å²) in [6.45, 7) is 4.26. The lowest BCUT2D eigenvalue weighted by molar-refractivity contribution is -0.271. The Bertz CT molecular complexity index is 643. The number of anilines is 1. The molecule has 1 aliphatic rings. The fourth-order valence-electron chi connectivity index (χ4n) is 2.50. The van der Waals surface area contributed by atoms with Crippen LogP contribution in [0, 0.1) is 0 Å². The van der Waals surface area contributed by atoms with E-state index in [-0.39, 0.29) is 11.9 Å². The molecule has 0 aliphatic carbocycles. The van der Waals surface area contributed by atoms with E-state index in [1.807, 2.05) is 20.1 Å². The Kier molecular flexibility index (Phi) is 7.71. The van der Waals surface area contributed by atoms with Gasteiger partial charge in [0.15, 0.2) is 6.10 Å². The van der Waals surface area contributed by atoms with Crippen molar-refractivity contribution in [2.75, 3.05) is 11.0 Å².